The molecule has 0 saturated carbocycles. The first kappa shape index (κ1) is 19.8. The van der Waals surface area contributed by atoms with Crippen LogP contribution in [0.2, 0.25) is 0 Å². The number of hydrogen-bond acceptors (Lipinski definition) is 6. The van der Waals surface area contributed by atoms with E-state index >= 15 is 0 Å². The summed E-state index contributed by atoms with van der Waals surface area (Å²) in [6.45, 7) is 2.69. The number of ether oxygens (including phenoxy) is 1. The monoisotopic (exact) mass is 399 g/mol. The lowest BCUT2D eigenvalue weighted by Gasteiger charge is -2.06. The van der Waals surface area contributed by atoms with Crippen molar-refractivity contribution in [2.75, 3.05) is 12.4 Å². The first-order chi connectivity index (χ1) is 13.5. The molecule has 8 heteroatoms. The fraction of sp³-hybridized carbons (Fsp3) is 0.250. The van der Waals surface area contributed by atoms with E-state index in [0.717, 1.165) is 11.1 Å². The normalized spacial score (nSPS) is 10.6. The molecule has 146 valence electrons. The molecule has 0 unspecified atom stereocenters. The van der Waals surface area contributed by atoms with Gasteiger partial charge in [-0.15, -0.1) is 11.3 Å². The van der Waals surface area contributed by atoms with Crippen molar-refractivity contribution in [2.45, 2.75) is 26.5 Å². The number of rotatable bonds is 8. The number of carbonyl (C=O) groups is 2. The van der Waals surface area contributed by atoms with Crippen molar-refractivity contribution in [1.82, 2.24) is 10.3 Å². The van der Waals surface area contributed by atoms with Crippen molar-refractivity contribution in [3.05, 3.63) is 70.1 Å². The number of methoxy groups -OCH3 is 1. The maximum absolute atomic E-state index is 12.2. The summed E-state index contributed by atoms with van der Waals surface area (Å²) in [5, 5.41) is 7.81. The van der Waals surface area contributed by atoms with Crippen molar-refractivity contribution in [3.63, 3.8) is 0 Å². The molecule has 2 N–H and O–H groups in total. The predicted molar refractivity (Wildman–Crippen MR) is 106 cm³/mol. The van der Waals surface area contributed by atoms with Crippen molar-refractivity contribution in [1.29, 1.82) is 0 Å². The maximum Gasteiger partial charge on any atom is 0.260 e. The van der Waals surface area contributed by atoms with Gasteiger partial charge in [0.1, 0.15) is 5.76 Å². The van der Waals surface area contributed by atoms with Crippen LogP contribution >= 0.6 is 11.3 Å². The second kappa shape index (κ2) is 9.29. The van der Waals surface area contributed by atoms with Gasteiger partial charge in [-0.2, -0.15) is 0 Å². The number of anilines is 1. The van der Waals surface area contributed by atoms with Crippen LogP contribution in [0.15, 0.2) is 46.4 Å². The molecule has 0 atom stereocenters. The van der Waals surface area contributed by atoms with E-state index in [1.54, 1.807) is 25.5 Å². The summed E-state index contributed by atoms with van der Waals surface area (Å²) < 4.78 is 10.2. The Bertz CT molecular complexity index is 964. The Labute approximate surface area is 166 Å². The number of nitrogens with zero attached hydrogens (tertiary/aromatic N) is 1. The molecule has 28 heavy (non-hydrogen) atoms. The highest BCUT2D eigenvalue weighted by molar-refractivity contribution is 7.14. The smallest absolute Gasteiger partial charge is 0.260 e. The van der Waals surface area contributed by atoms with Crippen molar-refractivity contribution >= 4 is 28.3 Å². The van der Waals surface area contributed by atoms with E-state index in [1.807, 2.05) is 24.3 Å². The minimum atomic E-state index is -0.285. The average molecular weight is 399 g/mol. The van der Waals surface area contributed by atoms with Gasteiger partial charge in [0.15, 0.2) is 5.13 Å². The zero-order chi connectivity index (χ0) is 19.9. The highest BCUT2D eigenvalue weighted by Crippen LogP contribution is 2.18. The van der Waals surface area contributed by atoms with Crippen LogP contribution in [0.3, 0.4) is 0 Å². The summed E-state index contributed by atoms with van der Waals surface area (Å²) in [6, 6.07) is 9.47. The molecule has 0 spiro atoms. The van der Waals surface area contributed by atoms with Gasteiger partial charge >= 0.3 is 0 Å². The fourth-order valence-electron chi connectivity index (χ4n) is 2.65. The zero-order valence-electron chi connectivity index (χ0n) is 15.7. The number of amides is 2. The Kier molecular flexibility index (Phi) is 6.57. The molecular weight excluding hydrogens is 378 g/mol. The van der Waals surface area contributed by atoms with Crippen LogP contribution < -0.4 is 10.6 Å². The summed E-state index contributed by atoms with van der Waals surface area (Å²) in [6.07, 6.45) is 1.61. The summed E-state index contributed by atoms with van der Waals surface area (Å²) in [5.74, 6) is 0.127. The highest BCUT2D eigenvalue weighted by Gasteiger charge is 2.14. The molecule has 2 amide bonds. The number of nitrogens with one attached hydrogen (secondary N) is 2. The van der Waals surface area contributed by atoms with Gasteiger partial charge in [0.25, 0.3) is 5.91 Å². The minimum Gasteiger partial charge on any atom is -0.469 e. The number of aromatic nitrogens is 1. The van der Waals surface area contributed by atoms with Gasteiger partial charge in [0, 0.05) is 19.0 Å². The van der Waals surface area contributed by atoms with Crippen LogP contribution in [0.25, 0.3) is 0 Å². The van der Waals surface area contributed by atoms with Crippen LogP contribution in [-0.2, 0) is 29.1 Å². The summed E-state index contributed by atoms with van der Waals surface area (Å²) >= 11 is 1.28. The molecular formula is C20H21N3O4S. The van der Waals surface area contributed by atoms with E-state index in [1.165, 1.54) is 17.6 Å². The largest absolute Gasteiger partial charge is 0.469 e. The topological polar surface area (TPSA) is 93.5 Å². The lowest BCUT2D eigenvalue weighted by atomic mass is 10.1. The second-order valence-electron chi connectivity index (χ2n) is 6.20. The fourth-order valence-corrected chi connectivity index (χ4v) is 3.36. The maximum atomic E-state index is 12.2. The Hall–Kier alpha value is -2.97. The van der Waals surface area contributed by atoms with E-state index in [0.29, 0.717) is 35.3 Å². The van der Waals surface area contributed by atoms with Gasteiger partial charge in [-0.05, 0) is 24.1 Å². The summed E-state index contributed by atoms with van der Waals surface area (Å²) in [4.78, 5) is 28.7. The van der Waals surface area contributed by atoms with Crippen LogP contribution in [0.5, 0.6) is 0 Å². The van der Waals surface area contributed by atoms with Crippen LogP contribution in [-0.4, -0.2) is 23.9 Å². The molecule has 0 fully saturated rings. The SMILES string of the molecule is COCc1cccc(CNC(=O)Cc2csc(NC(=O)c3ccoc3C)n2)c1. The quantitative estimate of drug-likeness (QED) is 0.606. The molecule has 2 heterocycles. The van der Waals surface area contributed by atoms with Gasteiger partial charge in [0.05, 0.1) is 30.5 Å². The highest BCUT2D eigenvalue weighted by atomic mass is 32.1. The van der Waals surface area contributed by atoms with E-state index in [9.17, 15) is 9.59 Å². The molecule has 0 bridgehead atoms. The van der Waals surface area contributed by atoms with E-state index in [-0.39, 0.29) is 18.2 Å². The number of furan rings is 1. The standard InChI is InChI=1S/C20H21N3O4S/c1-13-17(6-7-27-13)19(25)23-20-22-16(12-28-20)9-18(24)21-10-14-4-3-5-15(8-14)11-26-2/h3-8,12H,9-11H2,1-2H3,(H,21,24)(H,22,23,25). The van der Waals surface area contributed by atoms with Crippen LogP contribution in [0.1, 0.15) is 32.9 Å². The molecule has 0 aliphatic rings. The third-order valence-electron chi connectivity index (χ3n) is 4.01. The molecule has 0 aliphatic heterocycles. The van der Waals surface area contributed by atoms with Crippen LogP contribution in [0, 0.1) is 6.92 Å². The third kappa shape index (κ3) is 5.28. The Morgan fingerprint density at radius 3 is 2.82 bits per heavy atom. The zero-order valence-corrected chi connectivity index (χ0v) is 16.5. The summed E-state index contributed by atoms with van der Waals surface area (Å²) in [5.41, 5.74) is 3.13. The molecule has 0 radical (unpaired) electrons. The third-order valence-corrected chi connectivity index (χ3v) is 4.82. The van der Waals surface area contributed by atoms with E-state index in [4.69, 9.17) is 9.15 Å². The van der Waals surface area contributed by atoms with Gasteiger partial charge in [0.2, 0.25) is 5.91 Å². The number of thiazole rings is 1. The van der Waals surface area contributed by atoms with E-state index < -0.39 is 0 Å². The molecule has 0 aliphatic carbocycles. The Balaban J connectivity index is 1.50. The van der Waals surface area contributed by atoms with Gasteiger partial charge in [-0.25, -0.2) is 4.98 Å². The number of carbonyl (C=O) groups excluding carboxylic acids is 2. The lowest BCUT2D eigenvalue weighted by Crippen LogP contribution is -2.24. The first-order valence-corrected chi connectivity index (χ1v) is 9.56. The molecule has 3 aromatic rings. The Morgan fingerprint density at radius 1 is 1.25 bits per heavy atom. The lowest BCUT2D eigenvalue weighted by molar-refractivity contribution is -0.120. The average Bonchev–Trinajstić information content (AvgIpc) is 3.29. The van der Waals surface area contributed by atoms with Crippen molar-refractivity contribution < 1.29 is 18.7 Å². The molecule has 0 saturated heterocycles. The predicted octanol–water partition coefficient (Wildman–Crippen LogP) is 3.30. The number of aryl methyl sites for hydroxylation is 1. The van der Waals surface area contributed by atoms with E-state index in [2.05, 4.69) is 15.6 Å². The van der Waals surface area contributed by atoms with Gasteiger partial charge in [-0.1, -0.05) is 24.3 Å². The minimum absolute atomic E-state index is 0.133. The van der Waals surface area contributed by atoms with Gasteiger partial charge < -0.3 is 14.5 Å². The first-order valence-electron chi connectivity index (χ1n) is 8.68. The molecule has 3 rings (SSSR count). The van der Waals surface area contributed by atoms with Crippen molar-refractivity contribution in [3.8, 4) is 0 Å². The van der Waals surface area contributed by atoms with Crippen LogP contribution in [0.4, 0.5) is 5.13 Å². The number of hydrogen-bond donors (Lipinski definition) is 2. The van der Waals surface area contributed by atoms with Gasteiger partial charge in [-0.3, -0.25) is 14.9 Å². The Morgan fingerprint density at radius 2 is 2.07 bits per heavy atom. The second-order valence-corrected chi connectivity index (χ2v) is 7.05. The molecule has 7 nitrogen and oxygen atoms in total. The molecule has 1 aromatic carbocycles. The molecule has 2 aromatic heterocycles. The van der Waals surface area contributed by atoms with Crippen molar-refractivity contribution in [2.24, 2.45) is 0 Å². The summed E-state index contributed by atoms with van der Waals surface area (Å²) in [7, 11) is 1.65. The number of benzene rings is 1.